The number of carbonyl (C=O) groups excluding carboxylic acids is 2. The maximum atomic E-state index is 12.5. The average molecular weight is 348 g/mol. The van der Waals surface area contributed by atoms with Crippen LogP contribution in [0.5, 0.6) is 0 Å². The Morgan fingerprint density at radius 2 is 2.04 bits per heavy atom. The van der Waals surface area contributed by atoms with Gasteiger partial charge in [0.15, 0.2) is 0 Å². The van der Waals surface area contributed by atoms with E-state index in [0.717, 1.165) is 17.6 Å². The van der Waals surface area contributed by atoms with Gasteiger partial charge in [0.2, 0.25) is 0 Å². The summed E-state index contributed by atoms with van der Waals surface area (Å²) in [7, 11) is 0. The Hall–Kier alpha value is -1.42. The third kappa shape index (κ3) is 4.05. The minimum Gasteiger partial charge on any atom is -0.455 e. The topological polar surface area (TPSA) is 63.6 Å². The van der Waals surface area contributed by atoms with Gasteiger partial charge in [0, 0.05) is 18.4 Å². The van der Waals surface area contributed by atoms with Crippen molar-refractivity contribution in [2.45, 2.75) is 66.1 Å². The van der Waals surface area contributed by atoms with Crippen LogP contribution in [0.3, 0.4) is 0 Å². The van der Waals surface area contributed by atoms with Gasteiger partial charge in [-0.2, -0.15) is 0 Å². The van der Waals surface area contributed by atoms with Crippen LogP contribution in [0.4, 0.5) is 0 Å². The van der Waals surface area contributed by atoms with Crippen molar-refractivity contribution in [2.24, 2.45) is 29.6 Å². The molecule has 25 heavy (non-hydrogen) atoms. The molecule has 140 valence electrons. The van der Waals surface area contributed by atoms with Crippen molar-refractivity contribution in [3.8, 4) is 0 Å². The summed E-state index contributed by atoms with van der Waals surface area (Å²) in [6, 6.07) is 0. The fourth-order valence-corrected chi connectivity index (χ4v) is 4.60. The van der Waals surface area contributed by atoms with Gasteiger partial charge in [-0.15, -0.1) is 0 Å². The lowest BCUT2D eigenvalue weighted by molar-refractivity contribution is -0.144. The molecule has 0 saturated heterocycles. The number of carbonyl (C=O) groups is 2. The zero-order chi connectivity index (χ0) is 18.9. The van der Waals surface area contributed by atoms with E-state index >= 15 is 0 Å². The molecule has 0 radical (unpaired) electrons. The van der Waals surface area contributed by atoms with Crippen LogP contribution in [0.15, 0.2) is 23.8 Å². The van der Waals surface area contributed by atoms with Crippen LogP contribution < -0.4 is 0 Å². The summed E-state index contributed by atoms with van der Waals surface area (Å²) in [5.74, 6) is 0.143. The molecule has 1 N–H and O–H groups in total. The summed E-state index contributed by atoms with van der Waals surface area (Å²) in [6.45, 7) is 14.1. The van der Waals surface area contributed by atoms with E-state index in [1.54, 1.807) is 13.0 Å². The van der Waals surface area contributed by atoms with Crippen LogP contribution in [-0.2, 0) is 14.3 Å². The van der Waals surface area contributed by atoms with E-state index in [-0.39, 0.29) is 41.5 Å². The molecule has 6 unspecified atom stereocenters. The number of fused-ring (bicyclic) bond motifs is 1. The zero-order valence-corrected chi connectivity index (χ0v) is 16.1. The molecule has 0 aromatic heterocycles. The Morgan fingerprint density at radius 1 is 1.40 bits per heavy atom. The second-order valence-electron chi connectivity index (χ2n) is 8.11. The van der Waals surface area contributed by atoms with Crippen molar-refractivity contribution in [3.05, 3.63) is 23.8 Å². The number of ketones is 1. The minimum atomic E-state index is -0.647. The van der Waals surface area contributed by atoms with Crippen molar-refractivity contribution in [1.29, 1.82) is 0 Å². The van der Waals surface area contributed by atoms with Gasteiger partial charge in [-0.05, 0) is 55.9 Å². The molecule has 2 aliphatic rings. The second kappa shape index (κ2) is 7.86. The highest BCUT2D eigenvalue weighted by atomic mass is 16.5. The van der Waals surface area contributed by atoms with Crippen molar-refractivity contribution < 1.29 is 19.4 Å². The standard InChI is InChI=1S/C21H32O4/c1-7-12(4)8-19(24)25-18-10-15(11(2)3)21-16(13(18)5)9-17(23)20(21)14(6)22/h8,11,14-16,18,20-22H,5,7,9-10H2,1-4,6H3. The summed E-state index contributed by atoms with van der Waals surface area (Å²) >= 11 is 0. The number of rotatable bonds is 5. The van der Waals surface area contributed by atoms with Crippen molar-refractivity contribution in [1.82, 2.24) is 0 Å². The molecule has 0 amide bonds. The van der Waals surface area contributed by atoms with E-state index < -0.39 is 6.10 Å². The maximum Gasteiger partial charge on any atom is 0.331 e. The quantitative estimate of drug-likeness (QED) is 0.467. The number of hydrogen-bond donors (Lipinski definition) is 1. The normalized spacial score (nSPS) is 34.2. The Kier molecular flexibility index (Phi) is 6.26. The largest absolute Gasteiger partial charge is 0.455 e. The van der Waals surface area contributed by atoms with Gasteiger partial charge in [0.25, 0.3) is 0 Å². The number of esters is 1. The van der Waals surface area contributed by atoms with E-state index in [0.29, 0.717) is 18.8 Å². The second-order valence-corrected chi connectivity index (χ2v) is 8.11. The number of ether oxygens (including phenoxy) is 1. The first kappa shape index (κ1) is 19.9. The summed E-state index contributed by atoms with van der Waals surface area (Å²) in [5.41, 5.74) is 1.82. The Balaban J connectivity index is 2.24. The van der Waals surface area contributed by atoms with Gasteiger partial charge >= 0.3 is 5.97 Å². The first-order valence-corrected chi connectivity index (χ1v) is 9.44. The van der Waals surface area contributed by atoms with Crippen molar-refractivity contribution in [3.63, 3.8) is 0 Å². The van der Waals surface area contributed by atoms with Crippen LogP contribution in [0.2, 0.25) is 0 Å². The SMILES string of the molecule is C=C1C(OC(=O)C=C(C)CC)CC(C(C)C)C2C1CC(=O)C2C(C)O. The summed E-state index contributed by atoms with van der Waals surface area (Å²) < 4.78 is 5.71. The Morgan fingerprint density at radius 3 is 2.56 bits per heavy atom. The highest BCUT2D eigenvalue weighted by molar-refractivity contribution is 5.85. The molecule has 0 spiro atoms. The van der Waals surface area contributed by atoms with Gasteiger partial charge in [-0.3, -0.25) is 4.79 Å². The maximum absolute atomic E-state index is 12.5. The van der Waals surface area contributed by atoms with Gasteiger partial charge in [-0.25, -0.2) is 4.79 Å². The summed E-state index contributed by atoms with van der Waals surface area (Å²) in [5, 5.41) is 10.1. The van der Waals surface area contributed by atoms with Crippen LogP contribution in [-0.4, -0.2) is 29.1 Å². The van der Waals surface area contributed by atoms with Crippen molar-refractivity contribution in [2.75, 3.05) is 0 Å². The smallest absolute Gasteiger partial charge is 0.331 e. The third-order valence-corrected chi connectivity index (χ3v) is 6.10. The number of allylic oxidation sites excluding steroid dienone is 1. The van der Waals surface area contributed by atoms with E-state index in [9.17, 15) is 14.7 Å². The first-order valence-electron chi connectivity index (χ1n) is 9.44. The predicted molar refractivity (Wildman–Crippen MR) is 97.8 cm³/mol. The molecule has 2 aliphatic carbocycles. The highest BCUT2D eigenvalue weighted by Gasteiger charge is 2.54. The van der Waals surface area contributed by atoms with Gasteiger partial charge in [-0.1, -0.05) is 32.9 Å². The number of aliphatic hydroxyl groups is 1. The third-order valence-electron chi connectivity index (χ3n) is 6.10. The van der Waals surface area contributed by atoms with E-state index in [4.69, 9.17) is 4.74 Å². The highest BCUT2D eigenvalue weighted by Crippen LogP contribution is 2.52. The molecule has 0 aromatic carbocycles. The molecule has 2 saturated carbocycles. The average Bonchev–Trinajstić information content (AvgIpc) is 2.87. The fraction of sp³-hybridized carbons (Fsp3) is 0.714. The van der Waals surface area contributed by atoms with Crippen LogP contribution in [0, 0.1) is 29.6 Å². The Labute approximate surface area is 151 Å². The van der Waals surface area contributed by atoms with E-state index in [1.165, 1.54) is 0 Å². The van der Waals surface area contributed by atoms with E-state index in [2.05, 4.69) is 20.4 Å². The monoisotopic (exact) mass is 348 g/mol. The predicted octanol–water partition coefficient (Wildman–Crippen LogP) is 3.69. The molecule has 4 nitrogen and oxygen atoms in total. The lowest BCUT2D eigenvalue weighted by Gasteiger charge is -2.43. The zero-order valence-electron chi connectivity index (χ0n) is 16.1. The number of hydrogen-bond acceptors (Lipinski definition) is 4. The molecule has 0 heterocycles. The minimum absolute atomic E-state index is 0.00213. The molecular formula is C21H32O4. The van der Waals surface area contributed by atoms with Gasteiger partial charge in [0.1, 0.15) is 11.9 Å². The summed E-state index contributed by atoms with van der Waals surface area (Å²) in [4.78, 5) is 24.7. The first-order chi connectivity index (χ1) is 11.7. The van der Waals surface area contributed by atoms with Crippen LogP contribution in [0.1, 0.15) is 53.9 Å². The number of aliphatic hydroxyl groups excluding tert-OH is 1. The molecule has 6 atom stereocenters. The molecule has 4 heteroatoms. The number of Topliss-reactive ketones (excluding diaryl/α,β-unsaturated/α-hetero) is 1. The molecule has 0 bridgehead atoms. The lowest BCUT2D eigenvalue weighted by atomic mass is 9.63. The molecular weight excluding hydrogens is 316 g/mol. The van der Waals surface area contributed by atoms with Crippen molar-refractivity contribution >= 4 is 11.8 Å². The van der Waals surface area contributed by atoms with E-state index in [1.807, 2.05) is 13.8 Å². The summed E-state index contributed by atoms with van der Waals surface area (Å²) in [6.07, 6.45) is 2.44. The van der Waals surface area contributed by atoms with Crippen LogP contribution in [0.25, 0.3) is 0 Å². The molecule has 0 aromatic rings. The van der Waals surface area contributed by atoms with Gasteiger partial charge in [0.05, 0.1) is 6.10 Å². The fourth-order valence-electron chi connectivity index (χ4n) is 4.60. The lowest BCUT2D eigenvalue weighted by Crippen LogP contribution is -2.43. The van der Waals surface area contributed by atoms with Crippen LogP contribution >= 0.6 is 0 Å². The molecule has 2 rings (SSSR count). The Bertz CT molecular complexity index is 572. The van der Waals surface area contributed by atoms with Gasteiger partial charge < -0.3 is 9.84 Å². The molecule has 0 aliphatic heterocycles. The molecule has 2 fully saturated rings.